The van der Waals surface area contributed by atoms with Crippen LogP contribution < -0.4 is 9.47 Å². The predicted molar refractivity (Wildman–Crippen MR) is 69.0 cm³/mol. The molecule has 19 heavy (non-hydrogen) atoms. The Bertz CT molecular complexity index is 536. The maximum Gasteiger partial charge on any atom is 0.280 e. The first-order valence-electron chi connectivity index (χ1n) is 5.69. The lowest BCUT2D eigenvalue weighted by Crippen LogP contribution is -1.93. The van der Waals surface area contributed by atoms with Crippen molar-refractivity contribution < 1.29 is 19.1 Å². The molecule has 100 valence electrons. The van der Waals surface area contributed by atoms with Crippen LogP contribution in [0.15, 0.2) is 30.5 Å². The van der Waals surface area contributed by atoms with Gasteiger partial charge < -0.3 is 14.2 Å². The standard InChI is InChI=1S/C13H13NO5/c1-2-3-5-17-6-4-10-7-12-13(19-9-18-12)8-11(10)14(15)16/h2-4,6-8H,5,9H2,1H3/b3-2+,6-4+. The summed E-state index contributed by atoms with van der Waals surface area (Å²) >= 11 is 0. The van der Waals surface area contributed by atoms with Crippen molar-refractivity contribution in [1.82, 2.24) is 0 Å². The molecule has 0 aliphatic carbocycles. The van der Waals surface area contributed by atoms with Crippen LogP contribution in [0.4, 0.5) is 5.69 Å². The molecule has 2 rings (SSSR count). The molecule has 1 aliphatic rings. The molecule has 1 heterocycles. The Hall–Kier alpha value is -2.50. The Morgan fingerprint density at radius 3 is 2.84 bits per heavy atom. The van der Waals surface area contributed by atoms with Gasteiger partial charge in [-0.15, -0.1) is 0 Å². The molecule has 1 aromatic carbocycles. The third kappa shape index (κ3) is 3.04. The van der Waals surface area contributed by atoms with Gasteiger partial charge in [-0.3, -0.25) is 10.1 Å². The lowest BCUT2D eigenvalue weighted by atomic mass is 10.1. The average molecular weight is 263 g/mol. The Kier molecular flexibility index (Phi) is 4.02. The van der Waals surface area contributed by atoms with E-state index in [0.717, 1.165) is 0 Å². The first kappa shape index (κ1) is 12.9. The highest BCUT2D eigenvalue weighted by atomic mass is 16.7. The molecule has 0 aromatic heterocycles. The molecule has 6 heteroatoms. The van der Waals surface area contributed by atoms with E-state index in [1.54, 1.807) is 6.07 Å². The maximum absolute atomic E-state index is 11.0. The first-order valence-corrected chi connectivity index (χ1v) is 5.69. The van der Waals surface area contributed by atoms with Gasteiger partial charge in [0.15, 0.2) is 11.5 Å². The molecule has 0 unspecified atom stereocenters. The molecule has 0 atom stereocenters. The number of rotatable bonds is 5. The smallest absolute Gasteiger partial charge is 0.280 e. The summed E-state index contributed by atoms with van der Waals surface area (Å²) in [6.45, 7) is 2.39. The maximum atomic E-state index is 11.0. The molecular weight excluding hydrogens is 250 g/mol. The van der Waals surface area contributed by atoms with Crippen LogP contribution in [0.25, 0.3) is 6.08 Å². The van der Waals surface area contributed by atoms with Crippen LogP contribution in [0.5, 0.6) is 11.5 Å². The van der Waals surface area contributed by atoms with Crippen molar-refractivity contribution in [2.75, 3.05) is 13.4 Å². The third-order valence-electron chi connectivity index (χ3n) is 2.49. The van der Waals surface area contributed by atoms with Crippen LogP contribution in [-0.4, -0.2) is 18.3 Å². The van der Waals surface area contributed by atoms with Crippen molar-refractivity contribution >= 4 is 11.8 Å². The third-order valence-corrected chi connectivity index (χ3v) is 2.49. The van der Waals surface area contributed by atoms with Crippen molar-refractivity contribution in [3.05, 3.63) is 46.2 Å². The highest BCUT2D eigenvalue weighted by Gasteiger charge is 2.21. The molecule has 0 saturated carbocycles. The second kappa shape index (κ2) is 5.90. The molecule has 0 spiro atoms. The van der Waals surface area contributed by atoms with E-state index in [1.165, 1.54) is 18.4 Å². The van der Waals surface area contributed by atoms with Crippen LogP contribution in [0.3, 0.4) is 0 Å². The summed E-state index contributed by atoms with van der Waals surface area (Å²) in [7, 11) is 0. The number of nitro groups is 1. The van der Waals surface area contributed by atoms with E-state index in [-0.39, 0.29) is 12.5 Å². The lowest BCUT2D eigenvalue weighted by molar-refractivity contribution is -0.385. The fourth-order valence-electron chi connectivity index (χ4n) is 1.57. The number of nitro benzene ring substituents is 1. The van der Waals surface area contributed by atoms with Gasteiger partial charge in [-0.05, 0) is 19.1 Å². The minimum absolute atomic E-state index is 0.0462. The Labute approximate surface area is 110 Å². The van der Waals surface area contributed by atoms with Crippen LogP contribution in [0, 0.1) is 10.1 Å². The van der Waals surface area contributed by atoms with E-state index in [1.807, 2.05) is 19.1 Å². The summed E-state index contributed by atoms with van der Waals surface area (Å²) in [4.78, 5) is 10.5. The number of hydrogen-bond acceptors (Lipinski definition) is 5. The Morgan fingerprint density at radius 2 is 2.16 bits per heavy atom. The molecular formula is C13H13NO5. The van der Waals surface area contributed by atoms with E-state index < -0.39 is 4.92 Å². The first-order chi connectivity index (χ1) is 9.22. The van der Waals surface area contributed by atoms with Crippen molar-refractivity contribution in [2.24, 2.45) is 0 Å². The SMILES string of the molecule is C/C=C/CO/C=C/c1cc2c(cc1[N+](=O)[O-])OCO2. The fourth-order valence-corrected chi connectivity index (χ4v) is 1.57. The predicted octanol–water partition coefficient (Wildman–Crippen LogP) is 2.89. The lowest BCUT2D eigenvalue weighted by Gasteiger charge is -2.01. The fraction of sp³-hybridized carbons (Fsp3) is 0.231. The molecule has 0 N–H and O–H groups in total. The van der Waals surface area contributed by atoms with Gasteiger partial charge in [-0.2, -0.15) is 0 Å². The molecule has 0 amide bonds. The summed E-state index contributed by atoms with van der Waals surface area (Å²) in [5.74, 6) is 0.886. The van der Waals surface area contributed by atoms with Gasteiger partial charge in [0.05, 0.1) is 22.8 Å². The van der Waals surface area contributed by atoms with E-state index in [0.29, 0.717) is 23.7 Å². The highest BCUT2D eigenvalue weighted by Crippen LogP contribution is 2.38. The van der Waals surface area contributed by atoms with Gasteiger partial charge in [0, 0.05) is 0 Å². The summed E-state index contributed by atoms with van der Waals surface area (Å²) in [5.41, 5.74) is 0.366. The molecule has 0 saturated heterocycles. The molecule has 1 aliphatic heterocycles. The van der Waals surface area contributed by atoms with Gasteiger partial charge in [-0.1, -0.05) is 12.2 Å². The Morgan fingerprint density at radius 1 is 1.42 bits per heavy atom. The number of ether oxygens (including phenoxy) is 3. The van der Waals surface area contributed by atoms with Crippen molar-refractivity contribution in [1.29, 1.82) is 0 Å². The normalized spacial score (nSPS) is 13.3. The second-order valence-electron chi connectivity index (χ2n) is 3.73. The minimum Gasteiger partial charge on any atom is -0.497 e. The second-order valence-corrected chi connectivity index (χ2v) is 3.73. The van der Waals surface area contributed by atoms with E-state index in [2.05, 4.69) is 0 Å². The van der Waals surface area contributed by atoms with Crippen LogP contribution in [0.1, 0.15) is 12.5 Å². The van der Waals surface area contributed by atoms with Crippen LogP contribution in [-0.2, 0) is 4.74 Å². The van der Waals surface area contributed by atoms with Crippen LogP contribution in [0.2, 0.25) is 0 Å². The van der Waals surface area contributed by atoms with Crippen molar-refractivity contribution in [2.45, 2.75) is 6.92 Å². The highest BCUT2D eigenvalue weighted by molar-refractivity contribution is 5.66. The zero-order valence-electron chi connectivity index (χ0n) is 10.4. The van der Waals surface area contributed by atoms with E-state index in [4.69, 9.17) is 14.2 Å². The van der Waals surface area contributed by atoms with Gasteiger partial charge in [0.2, 0.25) is 6.79 Å². The van der Waals surface area contributed by atoms with Crippen molar-refractivity contribution in [3.8, 4) is 11.5 Å². The molecule has 0 bridgehead atoms. The minimum atomic E-state index is -0.465. The molecule has 6 nitrogen and oxygen atoms in total. The summed E-state index contributed by atoms with van der Waals surface area (Å²) in [6.07, 6.45) is 6.64. The van der Waals surface area contributed by atoms with E-state index in [9.17, 15) is 10.1 Å². The number of benzene rings is 1. The number of allylic oxidation sites excluding steroid dienone is 1. The monoisotopic (exact) mass is 263 g/mol. The topological polar surface area (TPSA) is 70.8 Å². The quantitative estimate of drug-likeness (QED) is 0.268. The molecule has 1 aromatic rings. The van der Waals surface area contributed by atoms with Gasteiger partial charge in [0.1, 0.15) is 6.61 Å². The van der Waals surface area contributed by atoms with Gasteiger partial charge in [-0.25, -0.2) is 0 Å². The molecule has 0 radical (unpaired) electrons. The van der Waals surface area contributed by atoms with Crippen LogP contribution >= 0.6 is 0 Å². The summed E-state index contributed by atoms with van der Waals surface area (Å²) < 4.78 is 15.5. The zero-order chi connectivity index (χ0) is 13.7. The molecule has 0 fully saturated rings. The zero-order valence-corrected chi connectivity index (χ0v) is 10.4. The number of fused-ring (bicyclic) bond motifs is 1. The summed E-state index contributed by atoms with van der Waals surface area (Å²) in [5, 5.41) is 11.0. The van der Waals surface area contributed by atoms with Crippen molar-refractivity contribution in [3.63, 3.8) is 0 Å². The summed E-state index contributed by atoms with van der Waals surface area (Å²) in [6, 6.07) is 2.92. The number of hydrogen-bond donors (Lipinski definition) is 0. The van der Waals surface area contributed by atoms with Gasteiger partial charge >= 0.3 is 0 Å². The van der Waals surface area contributed by atoms with E-state index >= 15 is 0 Å². The number of nitrogens with zero attached hydrogens (tertiary/aromatic N) is 1. The average Bonchev–Trinajstić information content (AvgIpc) is 2.84. The van der Waals surface area contributed by atoms with Gasteiger partial charge in [0.25, 0.3) is 5.69 Å². The Balaban J connectivity index is 2.20. The largest absolute Gasteiger partial charge is 0.497 e.